The molecule has 6 heteroatoms. The van der Waals surface area contributed by atoms with Crippen molar-refractivity contribution in [1.82, 2.24) is 10.8 Å². The number of nitrogens with one attached hydrogen (secondary N) is 2. The van der Waals surface area contributed by atoms with Crippen LogP contribution in [-0.4, -0.2) is 12.6 Å². The number of hydrogen-bond acceptors (Lipinski definition) is 2. The number of amides is 2. The van der Waals surface area contributed by atoms with E-state index in [1.165, 1.54) is 12.1 Å². The summed E-state index contributed by atoms with van der Waals surface area (Å²) in [5.74, 6) is -1.25. The highest BCUT2D eigenvalue weighted by Crippen LogP contribution is 2.09. The molecule has 0 spiro atoms. The number of urea groups is 1. The van der Waals surface area contributed by atoms with E-state index >= 15 is 0 Å². The Kier molecular flexibility index (Phi) is 5.85. The molecule has 2 rings (SSSR count). The molecule has 0 heterocycles. The quantitative estimate of drug-likeness (QED) is 0.806. The number of hydroxylamine groups is 1. The number of halogens is 2. The van der Waals surface area contributed by atoms with Crippen LogP contribution in [0.1, 0.15) is 11.1 Å². The largest absolute Gasteiger partial charge is 0.338 e. The van der Waals surface area contributed by atoms with E-state index in [0.717, 1.165) is 11.6 Å². The molecule has 0 saturated heterocycles. The fraction of sp³-hybridized carbons (Fsp3) is 0.188. The molecule has 22 heavy (non-hydrogen) atoms. The van der Waals surface area contributed by atoms with Crippen molar-refractivity contribution in [1.29, 1.82) is 0 Å². The monoisotopic (exact) mass is 306 g/mol. The van der Waals surface area contributed by atoms with Gasteiger partial charge in [-0.05, 0) is 23.6 Å². The smallest absolute Gasteiger partial charge is 0.336 e. The van der Waals surface area contributed by atoms with Crippen molar-refractivity contribution >= 4 is 6.03 Å². The minimum absolute atomic E-state index is 0.211. The Morgan fingerprint density at radius 3 is 2.59 bits per heavy atom. The maximum absolute atomic E-state index is 13.4. The summed E-state index contributed by atoms with van der Waals surface area (Å²) in [6.07, 6.45) is 0.262. The van der Waals surface area contributed by atoms with Crippen molar-refractivity contribution in [3.05, 3.63) is 71.3 Å². The average molecular weight is 306 g/mol. The third-order valence-corrected chi connectivity index (χ3v) is 2.94. The molecule has 0 radical (unpaired) electrons. The fourth-order valence-electron chi connectivity index (χ4n) is 1.83. The van der Waals surface area contributed by atoms with E-state index < -0.39 is 17.7 Å². The van der Waals surface area contributed by atoms with Crippen LogP contribution in [0.3, 0.4) is 0 Å². The summed E-state index contributed by atoms with van der Waals surface area (Å²) in [6.45, 7) is 0.462. The van der Waals surface area contributed by atoms with Gasteiger partial charge in [0.05, 0.1) is 6.61 Å². The van der Waals surface area contributed by atoms with Gasteiger partial charge in [0.25, 0.3) is 0 Å². The van der Waals surface area contributed by atoms with Crippen molar-refractivity contribution in [2.45, 2.75) is 13.0 Å². The van der Waals surface area contributed by atoms with Crippen LogP contribution >= 0.6 is 0 Å². The Morgan fingerprint density at radius 2 is 1.86 bits per heavy atom. The zero-order valence-electron chi connectivity index (χ0n) is 11.8. The lowest BCUT2D eigenvalue weighted by Gasteiger charge is -2.08. The Balaban J connectivity index is 1.65. The summed E-state index contributed by atoms with van der Waals surface area (Å²) in [5, 5.41) is 2.52. The minimum Gasteiger partial charge on any atom is -0.336 e. The summed E-state index contributed by atoms with van der Waals surface area (Å²) in [7, 11) is 0. The molecule has 0 saturated carbocycles. The van der Waals surface area contributed by atoms with Crippen LogP contribution in [0.2, 0.25) is 0 Å². The molecule has 2 aromatic carbocycles. The van der Waals surface area contributed by atoms with E-state index in [-0.39, 0.29) is 19.6 Å². The predicted octanol–water partition coefficient (Wildman–Crippen LogP) is 2.94. The van der Waals surface area contributed by atoms with E-state index in [9.17, 15) is 13.6 Å². The molecule has 0 aromatic heterocycles. The number of carbonyl (C=O) groups excluding carboxylic acids is 1. The molecule has 4 nitrogen and oxygen atoms in total. The molecule has 0 fully saturated rings. The molecule has 0 atom stereocenters. The zero-order chi connectivity index (χ0) is 15.8. The van der Waals surface area contributed by atoms with Crippen molar-refractivity contribution in [3.63, 3.8) is 0 Å². The third kappa shape index (κ3) is 5.14. The second-order valence-corrected chi connectivity index (χ2v) is 4.62. The maximum atomic E-state index is 13.4. The highest BCUT2D eigenvalue weighted by Gasteiger charge is 2.05. The highest BCUT2D eigenvalue weighted by atomic mass is 19.1. The lowest BCUT2D eigenvalue weighted by atomic mass is 10.1. The van der Waals surface area contributed by atoms with Crippen molar-refractivity contribution < 1.29 is 18.4 Å². The molecule has 0 aliphatic carbocycles. The van der Waals surface area contributed by atoms with E-state index in [1.807, 2.05) is 30.3 Å². The van der Waals surface area contributed by atoms with Gasteiger partial charge in [-0.1, -0.05) is 36.4 Å². The van der Waals surface area contributed by atoms with Crippen molar-refractivity contribution in [2.75, 3.05) is 6.54 Å². The molecule has 2 amide bonds. The molecule has 2 aromatic rings. The lowest BCUT2D eigenvalue weighted by Crippen LogP contribution is -2.36. The van der Waals surface area contributed by atoms with Crippen LogP contribution < -0.4 is 10.8 Å². The van der Waals surface area contributed by atoms with Gasteiger partial charge in [-0.3, -0.25) is 4.84 Å². The van der Waals surface area contributed by atoms with Crippen molar-refractivity contribution in [2.24, 2.45) is 0 Å². The number of carbonyl (C=O) groups is 1. The number of hydrogen-bond donors (Lipinski definition) is 2. The third-order valence-electron chi connectivity index (χ3n) is 2.94. The molecule has 0 bridgehead atoms. The summed E-state index contributed by atoms with van der Waals surface area (Å²) in [6, 6.07) is 12.2. The van der Waals surface area contributed by atoms with E-state index in [1.54, 1.807) is 0 Å². The maximum Gasteiger partial charge on any atom is 0.338 e. The summed E-state index contributed by atoms with van der Waals surface area (Å²) < 4.78 is 26.1. The van der Waals surface area contributed by atoms with E-state index in [2.05, 4.69) is 10.8 Å². The van der Waals surface area contributed by atoms with Crippen LogP contribution in [-0.2, 0) is 17.9 Å². The normalized spacial score (nSPS) is 10.3. The SMILES string of the molecule is O=C(NCCc1ccc(F)cc1F)NOCc1ccccc1. The second-order valence-electron chi connectivity index (χ2n) is 4.62. The van der Waals surface area contributed by atoms with Crippen LogP contribution in [0.4, 0.5) is 13.6 Å². The Hall–Kier alpha value is -2.47. The van der Waals surface area contributed by atoms with Crippen LogP contribution in [0.15, 0.2) is 48.5 Å². The van der Waals surface area contributed by atoms with Crippen LogP contribution in [0, 0.1) is 11.6 Å². The molecule has 0 aliphatic heterocycles. The Bertz CT molecular complexity index is 621. The van der Waals surface area contributed by atoms with Crippen LogP contribution in [0.5, 0.6) is 0 Å². The summed E-state index contributed by atoms with van der Waals surface area (Å²) in [4.78, 5) is 16.5. The average Bonchev–Trinajstić information content (AvgIpc) is 2.50. The molecule has 0 unspecified atom stereocenters. The zero-order valence-corrected chi connectivity index (χ0v) is 11.8. The summed E-state index contributed by atoms with van der Waals surface area (Å²) >= 11 is 0. The molecule has 116 valence electrons. The fourth-order valence-corrected chi connectivity index (χ4v) is 1.83. The van der Waals surface area contributed by atoms with Gasteiger partial charge in [0.1, 0.15) is 11.6 Å². The van der Waals surface area contributed by atoms with Gasteiger partial charge in [0.15, 0.2) is 0 Å². The molecular weight excluding hydrogens is 290 g/mol. The van der Waals surface area contributed by atoms with E-state index in [4.69, 9.17) is 4.84 Å². The topological polar surface area (TPSA) is 50.4 Å². The van der Waals surface area contributed by atoms with Gasteiger partial charge in [-0.25, -0.2) is 19.1 Å². The number of benzene rings is 2. The van der Waals surface area contributed by atoms with E-state index in [0.29, 0.717) is 5.56 Å². The first-order chi connectivity index (χ1) is 10.6. The van der Waals surface area contributed by atoms with Gasteiger partial charge in [-0.15, -0.1) is 0 Å². The Labute approximate surface area is 127 Å². The standard InChI is InChI=1S/C16H16F2N2O2/c17-14-7-6-13(15(18)10-14)8-9-19-16(21)20-22-11-12-4-2-1-3-5-12/h1-7,10H,8-9,11H2,(H2,19,20,21). The Morgan fingerprint density at radius 1 is 1.09 bits per heavy atom. The molecular formula is C16H16F2N2O2. The van der Waals surface area contributed by atoms with Gasteiger partial charge in [0, 0.05) is 12.6 Å². The first-order valence-electron chi connectivity index (χ1n) is 6.78. The first-order valence-corrected chi connectivity index (χ1v) is 6.78. The van der Waals surface area contributed by atoms with Gasteiger partial charge >= 0.3 is 6.03 Å². The van der Waals surface area contributed by atoms with Gasteiger partial charge in [-0.2, -0.15) is 0 Å². The molecule has 0 aliphatic rings. The highest BCUT2D eigenvalue weighted by molar-refractivity contribution is 5.72. The predicted molar refractivity (Wildman–Crippen MR) is 77.8 cm³/mol. The van der Waals surface area contributed by atoms with Crippen molar-refractivity contribution in [3.8, 4) is 0 Å². The number of rotatable bonds is 6. The summed E-state index contributed by atoms with van der Waals surface area (Å²) in [5.41, 5.74) is 3.50. The molecule has 2 N–H and O–H groups in total. The van der Waals surface area contributed by atoms with Gasteiger partial charge in [0.2, 0.25) is 0 Å². The van der Waals surface area contributed by atoms with Gasteiger partial charge < -0.3 is 5.32 Å². The minimum atomic E-state index is -0.624. The second kappa shape index (κ2) is 8.09. The van der Waals surface area contributed by atoms with Crippen LogP contribution in [0.25, 0.3) is 0 Å². The first kappa shape index (κ1) is 15.9. The lowest BCUT2D eigenvalue weighted by molar-refractivity contribution is 0.0491.